The third-order valence-electron chi connectivity index (χ3n) is 4.36. The van der Waals surface area contributed by atoms with Crippen LogP contribution in [0.3, 0.4) is 0 Å². The molecule has 0 unspecified atom stereocenters. The highest BCUT2D eigenvalue weighted by molar-refractivity contribution is 7.09. The molecule has 1 aliphatic rings. The molecule has 1 aliphatic heterocycles. The van der Waals surface area contributed by atoms with Crippen LogP contribution in [0.5, 0.6) is 0 Å². The molecule has 5 nitrogen and oxygen atoms in total. The number of unbranched alkanes of at least 4 members (excludes halogenated alkanes) is 1. The first-order chi connectivity index (χ1) is 12.4. The molecule has 0 radical (unpaired) electrons. The second kappa shape index (κ2) is 7.68. The maximum Gasteiger partial charge on any atom is 0.261 e. The molecule has 138 valence electrons. The molecule has 1 aromatic heterocycles. The van der Waals surface area contributed by atoms with Gasteiger partial charge in [0, 0.05) is 23.9 Å². The van der Waals surface area contributed by atoms with E-state index in [9.17, 15) is 9.59 Å². The van der Waals surface area contributed by atoms with Gasteiger partial charge in [0.05, 0.1) is 21.8 Å². The van der Waals surface area contributed by atoms with Crippen LogP contribution in [-0.4, -0.2) is 34.8 Å². The van der Waals surface area contributed by atoms with Gasteiger partial charge in [0.25, 0.3) is 11.8 Å². The van der Waals surface area contributed by atoms with Crippen LogP contribution in [0.1, 0.15) is 65.0 Å². The molecule has 3 rings (SSSR count). The molecule has 0 atom stereocenters. The Morgan fingerprint density at radius 1 is 1.08 bits per heavy atom. The lowest BCUT2D eigenvalue weighted by atomic mass is 9.98. The first-order valence-electron chi connectivity index (χ1n) is 8.99. The fourth-order valence-electron chi connectivity index (χ4n) is 2.91. The first kappa shape index (κ1) is 18.7. The normalized spacial score (nSPS) is 14.2. The number of imide groups is 1. The van der Waals surface area contributed by atoms with Crippen molar-refractivity contribution < 1.29 is 9.59 Å². The van der Waals surface area contributed by atoms with Crippen LogP contribution in [0.25, 0.3) is 0 Å². The van der Waals surface area contributed by atoms with Crippen molar-refractivity contribution in [3.05, 3.63) is 51.5 Å². The molecule has 2 aromatic rings. The lowest BCUT2D eigenvalue weighted by Gasteiger charge is -2.14. The maximum atomic E-state index is 12.3. The van der Waals surface area contributed by atoms with E-state index in [0.717, 1.165) is 36.6 Å². The lowest BCUT2D eigenvalue weighted by Crippen LogP contribution is -2.31. The summed E-state index contributed by atoms with van der Waals surface area (Å²) >= 11 is 1.70. The number of aromatic nitrogens is 1. The van der Waals surface area contributed by atoms with Gasteiger partial charge in [-0.05, 0) is 31.5 Å². The summed E-state index contributed by atoms with van der Waals surface area (Å²) in [6.45, 7) is 8.57. The van der Waals surface area contributed by atoms with Crippen molar-refractivity contribution in [1.82, 2.24) is 15.2 Å². The standard InChI is InChI=1S/C20H25N3O2S/c1-20(2,3)19-22-14(13-26-19)12-21-10-6-7-11-23-17(24)15-8-4-5-9-16(15)18(23)25/h4-5,8-9,13,21H,6-7,10-12H2,1-3H3. The minimum atomic E-state index is -0.171. The van der Waals surface area contributed by atoms with Crippen LogP contribution < -0.4 is 5.32 Å². The number of hydrogen-bond donors (Lipinski definition) is 1. The molecular formula is C20H25N3O2S. The molecule has 2 heterocycles. The number of carbonyl (C=O) groups excluding carboxylic acids is 2. The van der Waals surface area contributed by atoms with E-state index in [2.05, 4.69) is 36.5 Å². The van der Waals surface area contributed by atoms with Gasteiger partial charge in [0.2, 0.25) is 0 Å². The lowest BCUT2D eigenvalue weighted by molar-refractivity contribution is 0.0651. The molecule has 6 heteroatoms. The maximum absolute atomic E-state index is 12.3. The Balaban J connectivity index is 1.38. The average Bonchev–Trinajstić information content (AvgIpc) is 3.17. The molecule has 0 saturated heterocycles. The quantitative estimate of drug-likeness (QED) is 0.597. The molecule has 26 heavy (non-hydrogen) atoms. The molecule has 2 amide bonds. The number of fused-ring (bicyclic) bond motifs is 1. The SMILES string of the molecule is CC(C)(C)c1nc(CNCCCCN2C(=O)c3ccccc3C2=O)cs1. The van der Waals surface area contributed by atoms with Crippen LogP contribution in [-0.2, 0) is 12.0 Å². The number of carbonyl (C=O) groups is 2. The Morgan fingerprint density at radius 3 is 2.31 bits per heavy atom. The van der Waals surface area contributed by atoms with E-state index in [1.807, 2.05) is 0 Å². The number of nitrogens with zero attached hydrogens (tertiary/aromatic N) is 2. The fraction of sp³-hybridized carbons (Fsp3) is 0.450. The fourth-order valence-corrected chi connectivity index (χ4v) is 3.82. The zero-order valence-electron chi connectivity index (χ0n) is 15.5. The Labute approximate surface area is 158 Å². The van der Waals surface area contributed by atoms with Crippen LogP contribution in [0.2, 0.25) is 0 Å². The summed E-state index contributed by atoms with van der Waals surface area (Å²) in [6, 6.07) is 7.02. The van der Waals surface area contributed by atoms with E-state index in [1.165, 1.54) is 4.90 Å². The number of amides is 2. The van der Waals surface area contributed by atoms with Crippen LogP contribution in [0.4, 0.5) is 0 Å². The predicted molar refractivity (Wildman–Crippen MR) is 104 cm³/mol. The molecule has 1 N–H and O–H groups in total. The van der Waals surface area contributed by atoms with Gasteiger partial charge in [-0.25, -0.2) is 4.98 Å². The van der Waals surface area contributed by atoms with Crippen molar-refractivity contribution in [3.8, 4) is 0 Å². The molecule has 0 aliphatic carbocycles. The topological polar surface area (TPSA) is 62.3 Å². The number of thiazole rings is 1. The minimum absolute atomic E-state index is 0.0926. The number of rotatable bonds is 7. The summed E-state index contributed by atoms with van der Waals surface area (Å²) in [5, 5.41) is 6.64. The molecule has 0 bridgehead atoms. The summed E-state index contributed by atoms with van der Waals surface area (Å²) < 4.78 is 0. The molecule has 1 aromatic carbocycles. The van der Waals surface area contributed by atoms with Gasteiger partial charge in [-0.1, -0.05) is 32.9 Å². The van der Waals surface area contributed by atoms with Crippen molar-refractivity contribution in [1.29, 1.82) is 0 Å². The average molecular weight is 372 g/mol. The number of benzene rings is 1. The summed E-state index contributed by atoms with van der Waals surface area (Å²) in [5.41, 5.74) is 2.21. The van der Waals surface area contributed by atoms with E-state index < -0.39 is 0 Å². The molecular weight excluding hydrogens is 346 g/mol. The van der Waals surface area contributed by atoms with Crippen molar-refractivity contribution in [2.75, 3.05) is 13.1 Å². The number of nitrogens with one attached hydrogen (secondary N) is 1. The van der Waals surface area contributed by atoms with Gasteiger partial charge < -0.3 is 5.32 Å². The van der Waals surface area contributed by atoms with E-state index in [4.69, 9.17) is 0 Å². The van der Waals surface area contributed by atoms with Crippen molar-refractivity contribution in [2.45, 2.75) is 45.6 Å². The Morgan fingerprint density at radius 2 is 1.73 bits per heavy atom. The Hall–Kier alpha value is -2.05. The van der Waals surface area contributed by atoms with Crippen molar-refractivity contribution in [2.24, 2.45) is 0 Å². The largest absolute Gasteiger partial charge is 0.311 e. The van der Waals surface area contributed by atoms with Gasteiger partial charge in [0.15, 0.2) is 0 Å². The molecule has 0 spiro atoms. The summed E-state index contributed by atoms with van der Waals surface area (Å²) in [6.07, 6.45) is 1.70. The highest BCUT2D eigenvalue weighted by Crippen LogP contribution is 2.25. The molecule has 0 fully saturated rings. The minimum Gasteiger partial charge on any atom is -0.311 e. The number of hydrogen-bond acceptors (Lipinski definition) is 5. The highest BCUT2D eigenvalue weighted by Gasteiger charge is 2.34. The second-order valence-corrected chi connectivity index (χ2v) is 8.44. The van der Waals surface area contributed by atoms with Gasteiger partial charge in [-0.15, -0.1) is 11.3 Å². The van der Waals surface area contributed by atoms with Gasteiger partial charge in [0.1, 0.15) is 0 Å². The Kier molecular flexibility index (Phi) is 5.53. The predicted octanol–water partition coefficient (Wildman–Crippen LogP) is 3.61. The first-order valence-corrected chi connectivity index (χ1v) is 9.87. The monoisotopic (exact) mass is 371 g/mol. The summed E-state index contributed by atoms with van der Waals surface area (Å²) in [5.74, 6) is -0.341. The third kappa shape index (κ3) is 4.02. The van der Waals surface area contributed by atoms with Crippen molar-refractivity contribution >= 4 is 23.2 Å². The third-order valence-corrected chi connectivity index (χ3v) is 5.68. The van der Waals surface area contributed by atoms with Gasteiger partial charge >= 0.3 is 0 Å². The van der Waals surface area contributed by atoms with Gasteiger partial charge in [-0.3, -0.25) is 14.5 Å². The van der Waals surface area contributed by atoms with Crippen LogP contribution in [0, 0.1) is 0 Å². The van der Waals surface area contributed by atoms with E-state index >= 15 is 0 Å². The van der Waals surface area contributed by atoms with E-state index in [0.29, 0.717) is 17.7 Å². The summed E-state index contributed by atoms with van der Waals surface area (Å²) in [4.78, 5) is 30.6. The zero-order chi connectivity index (χ0) is 18.7. The smallest absolute Gasteiger partial charge is 0.261 e. The Bertz CT molecular complexity index is 772. The highest BCUT2D eigenvalue weighted by atomic mass is 32.1. The second-order valence-electron chi connectivity index (χ2n) is 7.59. The van der Waals surface area contributed by atoms with Crippen LogP contribution >= 0.6 is 11.3 Å². The van der Waals surface area contributed by atoms with E-state index in [1.54, 1.807) is 35.6 Å². The van der Waals surface area contributed by atoms with Crippen LogP contribution in [0.15, 0.2) is 29.6 Å². The molecule has 0 saturated carbocycles. The zero-order valence-corrected chi connectivity index (χ0v) is 16.4. The van der Waals surface area contributed by atoms with Gasteiger partial charge in [-0.2, -0.15) is 0 Å². The summed E-state index contributed by atoms with van der Waals surface area (Å²) in [7, 11) is 0. The van der Waals surface area contributed by atoms with E-state index in [-0.39, 0.29) is 17.2 Å². The van der Waals surface area contributed by atoms with Crippen molar-refractivity contribution in [3.63, 3.8) is 0 Å².